The van der Waals surface area contributed by atoms with Crippen LogP contribution in [0, 0.1) is 3.95 Å². The predicted molar refractivity (Wildman–Crippen MR) is 115 cm³/mol. The minimum absolute atomic E-state index is 0.222. The van der Waals surface area contributed by atoms with Gasteiger partial charge in [0.1, 0.15) is 0 Å². The molecule has 0 radical (unpaired) electrons. The van der Waals surface area contributed by atoms with E-state index >= 15 is 0 Å². The van der Waals surface area contributed by atoms with E-state index in [1.807, 2.05) is 48.7 Å². The van der Waals surface area contributed by atoms with Crippen LogP contribution in [0.2, 0.25) is 0 Å². The molecule has 3 aromatic rings. The van der Waals surface area contributed by atoms with Crippen LogP contribution in [0.3, 0.4) is 0 Å². The first-order chi connectivity index (χ1) is 12.6. The molecule has 2 aromatic carbocycles. The molecular formula is C20H15BrN2OS2. The fourth-order valence-corrected chi connectivity index (χ4v) is 4.58. The van der Waals surface area contributed by atoms with E-state index in [1.165, 1.54) is 16.9 Å². The quantitative estimate of drug-likeness (QED) is 0.485. The van der Waals surface area contributed by atoms with Gasteiger partial charge in [0.25, 0.3) is 0 Å². The molecule has 0 saturated heterocycles. The van der Waals surface area contributed by atoms with Gasteiger partial charge in [-0.1, -0.05) is 46.3 Å². The second-order valence-electron chi connectivity index (χ2n) is 5.96. The number of hydrogen-bond acceptors (Lipinski definition) is 4. The molecule has 0 atom stereocenters. The highest BCUT2D eigenvalue weighted by Crippen LogP contribution is 2.37. The van der Waals surface area contributed by atoms with Gasteiger partial charge in [0.05, 0.1) is 10.6 Å². The summed E-state index contributed by atoms with van der Waals surface area (Å²) in [6, 6.07) is 16.2. The second kappa shape index (κ2) is 7.31. The first kappa shape index (κ1) is 17.4. The van der Waals surface area contributed by atoms with Crippen molar-refractivity contribution in [2.45, 2.75) is 13.0 Å². The molecule has 0 saturated carbocycles. The molecule has 0 fully saturated rings. The molecule has 1 aromatic heterocycles. The fraction of sp³-hybridized carbons (Fsp3) is 0.100. The topological polar surface area (TPSA) is 37.5 Å². The van der Waals surface area contributed by atoms with E-state index in [4.69, 9.17) is 12.2 Å². The Hall–Kier alpha value is -2.02. The highest BCUT2D eigenvalue weighted by Gasteiger charge is 2.16. The lowest BCUT2D eigenvalue weighted by molar-refractivity contribution is 0.414. The van der Waals surface area contributed by atoms with E-state index in [0.717, 1.165) is 32.6 Å². The molecule has 0 amide bonds. The zero-order valence-electron chi connectivity index (χ0n) is 13.7. The van der Waals surface area contributed by atoms with Crippen LogP contribution in [0.15, 0.2) is 58.0 Å². The van der Waals surface area contributed by atoms with E-state index in [0.29, 0.717) is 10.5 Å². The lowest BCUT2D eigenvalue weighted by Gasteiger charge is -2.05. The third kappa shape index (κ3) is 3.45. The van der Waals surface area contributed by atoms with Gasteiger partial charge in [0.15, 0.2) is 3.95 Å². The summed E-state index contributed by atoms with van der Waals surface area (Å²) >= 11 is 10.4. The molecule has 1 aliphatic rings. The van der Waals surface area contributed by atoms with Crippen LogP contribution in [0.1, 0.15) is 16.0 Å². The average Bonchev–Trinajstić information content (AvgIpc) is 3.15. The Kier molecular flexibility index (Phi) is 4.89. The predicted octanol–water partition coefficient (Wildman–Crippen LogP) is 6.25. The Morgan fingerprint density at radius 3 is 2.81 bits per heavy atom. The van der Waals surface area contributed by atoms with Crippen molar-refractivity contribution in [3.63, 3.8) is 0 Å². The molecule has 130 valence electrons. The minimum Gasteiger partial charge on any atom is -0.493 e. The van der Waals surface area contributed by atoms with Gasteiger partial charge >= 0.3 is 0 Å². The van der Waals surface area contributed by atoms with Crippen LogP contribution in [-0.4, -0.2) is 15.9 Å². The number of benzene rings is 2. The molecule has 1 aliphatic heterocycles. The van der Waals surface area contributed by atoms with Crippen molar-refractivity contribution in [3.8, 4) is 5.88 Å². The maximum absolute atomic E-state index is 10.7. The van der Waals surface area contributed by atoms with Crippen LogP contribution in [0.25, 0.3) is 11.6 Å². The van der Waals surface area contributed by atoms with Crippen LogP contribution in [0.5, 0.6) is 5.88 Å². The monoisotopic (exact) mass is 442 g/mol. The number of rotatable bonds is 4. The molecule has 2 heterocycles. The summed E-state index contributed by atoms with van der Waals surface area (Å²) < 4.78 is 3.48. The highest BCUT2D eigenvalue weighted by molar-refractivity contribution is 9.10. The van der Waals surface area contributed by atoms with Crippen LogP contribution < -0.4 is 0 Å². The number of aryl methyl sites for hydroxylation is 1. The van der Waals surface area contributed by atoms with Crippen molar-refractivity contribution >= 4 is 63.0 Å². The molecule has 0 bridgehead atoms. The lowest BCUT2D eigenvalue weighted by Crippen LogP contribution is -2.00. The molecule has 6 heteroatoms. The van der Waals surface area contributed by atoms with Crippen molar-refractivity contribution in [2.24, 2.45) is 4.99 Å². The van der Waals surface area contributed by atoms with Gasteiger partial charge in [-0.15, -0.1) is 11.3 Å². The average molecular weight is 443 g/mol. The van der Waals surface area contributed by atoms with Gasteiger partial charge in [-0.25, -0.2) is 0 Å². The van der Waals surface area contributed by atoms with Crippen LogP contribution >= 0.6 is 39.5 Å². The largest absolute Gasteiger partial charge is 0.493 e. The van der Waals surface area contributed by atoms with E-state index < -0.39 is 0 Å². The van der Waals surface area contributed by atoms with Gasteiger partial charge < -0.3 is 5.11 Å². The third-order valence-corrected chi connectivity index (χ3v) is 6.14. The van der Waals surface area contributed by atoms with Crippen molar-refractivity contribution in [3.05, 3.63) is 73.0 Å². The highest BCUT2D eigenvalue weighted by atomic mass is 79.9. The van der Waals surface area contributed by atoms with Crippen LogP contribution in [-0.2, 0) is 13.0 Å². The van der Waals surface area contributed by atoms with Gasteiger partial charge in [0, 0.05) is 28.4 Å². The van der Waals surface area contributed by atoms with Gasteiger partial charge in [-0.3, -0.25) is 9.56 Å². The number of allylic oxidation sites excluding steroid dienone is 1. The summed E-state index contributed by atoms with van der Waals surface area (Å²) in [6.07, 6.45) is 4.61. The number of aromatic nitrogens is 1. The SMILES string of the molecule is Oc1c(C=C2C=Nc3ccc(Br)cc32)sc(=S)n1CCc1ccccc1. The standard InChI is InChI=1S/C20H15BrN2OS2/c21-15-6-7-17-16(11-15)14(12-22-17)10-18-19(24)23(20(25)26-18)9-8-13-4-2-1-3-5-13/h1-7,10-12,24H,8-9H2. The van der Waals surface area contributed by atoms with E-state index in [9.17, 15) is 5.11 Å². The normalized spacial score (nSPS) is 14.1. The van der Waals surface area contributed by atoms with Gasteiger partial charge in [0.2, 0.25) is 5.88 Å². The fourth-order valence-electron chi connectivity index (χ4n) is 2.91. The molecule has 3 nitrogen and oxygen atoms in total. The number of aliphatic imine (C=N–C) groups is 1. The number of aromatic hydroxyl groups is 1. The van der Waals surface area contributed by atoms with Crippen molar-refractivity contribution in [1.82, 2.24) is 4.57 Å². The first-order valence-corrected chi connectivity index (χ1v) is 10.2. The van der Waals surface area contributed by atoms with Crippen molar-refractivity contribution < 1.29 is 5.11 Å². The van der Waals surface area contributed by atoms with E-state index in [-0.39, 0.29) is 5.88 Å². The number of fused-ring (bicyclic) bond motifs is 1. The molecule has 0 unspecified atom stereocenters. The molecule has 26 heavy (non-hydrogen) atoms. The number of nitrogens with zero attached hydrogens (tertiary/aromatic N) is 2. The summed E-state index contributed by atoms with van der Waals surface area (Å²) in [7, 11) is 0. The maximum Gasteiger partial charge on any atom is 0.210 e. The summed E-state index contributed by atoms with van der Waals surface area (Å²) in [5, 5.41) is 10.7. The smallest absolute Gasteiger partial charge is 0.210 e. The maximum atomic E-state index is 10.7. The summed E-state index contributed by atoms with van der Waals surface area (Å²) in [6.45, 7) is 0.657. The zero-order valence-corrected chi connectivity index (χ0v) is 16.9. The second-order valence-corrected chi connectivity index (χ2v) is 8.55. The van der Waals surface area contributed by atoms with Crippen molar-refractivity contribution in [2.75, 3.05) is 0 Å². The molecular weight excluding hydrogens is 428 g/mol. The first-order valence-electron chi connectivity index (χ1n) is 8.14. The Labute approximate surface area is 169 Å². The molecule has 0 aliphatic carbocycles. The molecule has 0 spiro atoms. The Morgan fingerprint density at radius 2 is 2.00 bits per heavy atom. The number of hydrogen-bond donors (Lipinski definition) is 1. The number of thiazole rings is 1. The summed E-state index contributed by atoms with van der Waals surface area (Å²) in [5.41, 5.74) is 4.18. The summed E-state index contributed by atoms with van der Waals surface area (Å²) in [5.74, 6) is 0.222. The Morgan fingerprint density at radius 1 is 1.19 bits per heavy atom. The lowest BCUT2D eigenvalue weighted by atomic mass is 10.1. The Bertz CT molecular complexity index is 1080. The van der Waals surface area contributed by atoms with E-state index in [1.54, 1.807) is 4.57 Å². The number of halogens is 1. The van der Waals surface area contributed by atoms with Gasteiger partial charge in [-0.05, 0) is 48.5 Å². The van der Waals surface area contributed by atoms with Crippen LogP contribution in [0.4, 0.5) is 5.69 Å². The molecule has 1 N–H and O–H groups in total. The minimum atomic E-state index is 0.222. The third-order valence-electron chi connectivity index (χ3n) is 4.26. The van der Waals surface area contributed by atoms with E-state index in [2.05, 4.69) is 33.1 Å². The molecule has 4 rings (SSSR count). The summed E-state index contributed by atoms with van der Waals surface area (Å²) in [4.78, 5) is 5.19. The Balaban J connectivity index is 1.63. The van der Waals surface area contributed by atoms with Crippen molar-refractivity contribution in [1.29, 1.82) is 0 Å². The van der Waals surface area contributed by atoms with Gasteiger partial charge in [-0.2, -0.15) is 0 Å². The zero-order chi connectivity index (χ0) is 18.1.